The molecule has 1 saturated heterocycles. The van der Waals surface area contributed by atoms with E-state index in [2.05, 4.69) is 15.9 Å². The van der Waals surface area contributed by atoms with E-state index in [0.29, 0.717) is 41.0 Å². The van der Waals surface area contributed by atoms with Crippen molar-refractivity contribution in [1.29, 1.82) is 0 Å². The molecule has 5 aliphatic rings. The fraction of sp³-hybridized carbons (Fsp3) is 0.242. The standard InChI is InChI=1S/C33H24BrNO7/c1-15(36)16-2-4-19(5-3-16)35-32(40)22-8-7-21-23(29(22)33(35)41)12-24-30(26(38)13-25(34)31(24)39)28(21)18-10-17-11-20(37)6-9-27(17)42-14-18/h2-7,9,11,13-14,22-23,28-29,37H,8,10,12H2,1H3/t22-,23+,28-,29-/m0/s1. The summed E-state index contributed by atoms with van der Waals surface area (Å²) in [6.45, 7) is 1.45. The van der Waals surface area contributed by atoms with Crippen LogP contribution in [0, 0.1) is 23.7 Å². The third-order valence-electron chi connectivity index (χ3n) is 9.01. The summed E-state index contributed by atoms with van der Waals surface area (Å²) < 4.78 is 6.08. The highest BCUT2D eigenvalue weighted by molar-refractivity contribution is 9.12. The molecule has 0 spiro atoms. The molecule has 9 heteroatoms. The van der Waals surface area contributed by atoms with Crippen LogP contribution in [-0.4, -0.2) is 34.3 Å². The molecule has 2 heterocycles. The zero-order valence-corrected chi connectivity index (χ0v) is 24.0. The Kier molecular flexibility index (Phi) is 6.06. The molecule has 0 bridgehead atoms. The van der Waals surface area contributed by atoms with Crippen LogP contribution in [0.15, 0.2) is 87.7 Å². The lowest BCUT2D eigenvalue weighted by molar-refractivity contribution is -0.123. The molecule has 4 atom stereocenters. The fourth-order valence-electron chi connectivity index (χ4n) is 7.12. The number of nitrogens with zero attached hydrogens (tertiary/aromatic N) is 1. The second-order valence-corrected chi connectivity index (χ2v) is 12.1. The van der Waals surface area contributed by atoms with E-state index in [-0.39, 0.29) is 45.8 Å². The van der Waals surface area contributed by atoms with Crippen LogP contribution in [0.2, 0.25) is 0 Å². The van der Waals surface area contributed by atoms with Gasteiger partial charge in [-0.3, -0.25) is 28.9 Å². The van der Waals surface area contributed by atoms with Gasteiger partial charge in [-0.2, -0.15) is 0 Å². The Bertz CT molecular complexity index is 1780. The fourth-order valence-corrected chi connectivity index (χ4v) is 7.56. The number of fused-ring (bicyclic) bond motifs is 4. The number of ether oxygens (including phenoxy) is 1. The maximum atomic E-state index is 14.0. The van der Waals surface area contributed by atoms with Gasteiger partial charge in [0.25, 0.3) is 0 Å². The van der Waals surface area contributed by atoms with E-state index in [1.807, 2.05) is 6.08 Å². The van der Waals surface area contributed by atoms with E-state index in [1.165, 1.54) is 24.0 Å². The first-order valence-corrected chi connectivity index (χ1v) is 14.5. The molecule has 2 aliphatic heterocycles. The number of benzene rings is 2. The maximum absolute atomic E-state index is 14.0. The molecule has 1 N–H and O–H groups in total. The molecule has 210 valence electrons. The quantitative estimate of drug-likeness (QED) is 0.223. The van der Waals surface area contributed by atoms with Crippen molar-refractivity contribution < 1.29 is 33.8 Å². The average Bonchev–Trinajstić information content (AvgIpc) is 3.23. The van der Waals surface area contributed by atoms with Gasteiger partial charge in [-0.15, -0.1) is 0 Å². The van der Waals surface area contributed by atoms with E-state index in [4.69, 9.17) is 4.74 Å². The van der Waals surface area contributed by atoms with E-state index < -0.39 is 23.7 Å². The number of aromatic hydroxyl groups is 1. The van der Waals surface area contributed by atoms with Crippen molar-refractivity contribution >= 4 is 50.8 Å². The summed E-state index contributed by atoms with van der Waals surface area (Å²) in [5.41, 5.74) is 3.89. The normalized spacial score (nSPS) is 26.4. The summed E-state index contributed by atoms with van der Waals surface area (Å²) in [4.78, 5) is 67.5. The summed E-state index contributed by atoms with van der Waals surface area (Å²) in [7, 11) is 0. The molecule has 0 unspecified atom stereocenters. The predicted octanol–water partition coefficient (Wildman–Crippen LogP) is 4.91. The molecule has 0 radical (unpaired) electrons. The number of ketones is 3. The number of phenolic OH excluding ortho intramolecular Hbond substituents is 1. The molecular formula is C33H24BrNO7. The number of anilines is 1. The third-order valence-corrected chi connectivity index (χ3v) is 9.60. The van der Waals surface area contributed by atoms with Crippen LogP contribution in [0.3, 0.4) is 0 Å². The molecule has 0 aromatic heterocycles. The van der Waals surface area contributed by atoms with Gasteiger partial charge in [-0.25, -0.2) is 0 Å². The molecule has 3 aliphatic carbocycles. The zero-order chi connectivity index (χ0) is 29.4. The van der Waals surface area contributed by atoms with Crippen LogP contribution in [0.5, 0.6) is 11.5 Å². The van der Waals surface area contributed by atoms with Crippen LogP contribution in [0.25, 0.3) is 0 Å². The highest BCUT2D eigenvalue weighted by atomic mass is 79.9. The molecule has 2 aromatic rings. The first kappa shape index (κ1) is 26.5. The minimum absolute atomic E-state index is 0.0852. The summed E-state index contributed by atoms with van der Waals surface area (Å²) in [6.07, 6.45) is 5.69. The van der Waals surface area contributed by atoms with Gasteiger partial charge < -0.3 is 9.84 Å². The van der Waals surface area contributed by atoms with Gasteiger partial charge in [0.05, 0.1) is 28.3 Å². The Hall–Kier alpha value is -4.37. The smallest absolute Gasteiger partial charge is 0.238 e. The number of hydrogen-bond acceptors (Lipinski definition) is 7. The summed E-state index contributed by atoms with van der Waals surface area (Å²) in [5.74, 6) is -3.12. The van der Waals surface area contributed by atoms with Crippen molar-refractivity contribution in [1.82, 2.24) is 0 Å². The Morgan fingerprint density at radius 2 is 1.79 bits per heavy atom. The monoisotopic (exact) mass is 625 g/mol. The number of phenols is 1. The topological polar surface area (TPSA) is 118 Å². The van der Waals surface area contributed by atoms with Crippen molar-refractivity contribution in [3.63, 3.8) is 0 Å². The van der Waals surface area contributed by atoms with Crippen LogP contribution < -0.4 is 9.64 Å². The number of Topliss-reactive ketones (excluding diaryl/α,β-unsaturated/α-hetero) is 2. The number of amides is 2. The molecule has 2 amide bonds. The Morgan fingerprint density at radius 3 is 2.52 bits per heavy atom. The van der Waals surface area contributed by atoms with Crippen LogP contribution >= 0.6 is 15.9 Å². The lowest BCUT2D eigenvalue weighted by Gasteiger charge is -2.43. The SMILES string of the molecule is CC(=O)c1ccc(N2C(=O)[C@H]3[C@H](CC=C4[C@H](C5=COc6ccc(O)cc6C5)C5=C(C[C@H]43)C(=O)C(Br)=CC5=O)C2=O)cc1. The van der Waals surface area contributed by atoms with E-state index >= 15 is 0 Å². The van der Waals surface area contributed by atoms with Gasteiger partial charge in [0.2, 0.25) is 11.8 Å². The number of hydrogen-bond donors (Lipinski definition) is 1. The van der Waals surface area contributed by atoms with E-state index in [9.17, 15) is 29.1 Å². The summed E-state index contributed by atoms with van der Waals surface area (Å²) >= 11 is 3.24. The van der Waals surface area contributed by atoms with Crippen molar-refractivity contribution in [2.45, 2.75) is 26.2 Å². The highest BCUT2D eigenvalue weighted by Crippen LogP contribution is 2.55. The average molecular weight is 626 g/mol. The first-order chi connectivity index (χ1) is 20.1. The molecule has 42 heavy (non-hydrogen) atoms. The number of halogens is 1. The largest absolute Gasteiger partial charge is 0.508 e. The number of allylic oxidation sites excluding steroid dienone is 7. The molecule has 2 aromatic carbocycles. The third kappa shape index (κ3) is 3.90. The minimum atomic E-state index is -0.712. The number of carbonyl (C=O) groups excluding carboxylic acids is 5. The lowest BCUT2D eigenvalue weighted by Crippen LogP contribution is -2.41. The van der Waals surface area contributed by atoms with Gasteiger partial charge in [-0.05, 0) is 89.7 Å². The van der Waals surface area contributed by atoms with E-state index in [1.54, 1.807) is 42.7 Å². The molecule has 8 nitrogen and oxygen atoms in total. The van der Waals surface area contributed by atoms with Crippen molar-refractivity contribution in [2.24, 2.45) is 23.7 Å². The van der Waals surface area contributed by atoms with Crippen molar-refractivity contribution in [3.05, 3.63) is 98.8 Å². The molecule has 0 saturated carbocycles. The second-order valence-electron chi connectivity index (χ2n) is 11.3. The van der Waals surface area contributed by atoms with Gasteiger partial charge in [0.15, 0.2) is 17.3 Å². The number of rotatable bonds is 3. The maximum Gasteiger partial charge on any atom is 0.238 e. The highest BCUT2D eigenvalue weighted by Gasteiger charge is 2.57. The first-order valence-electron chi connectivity index (χ1n) is 13.7. The van der Waals surface area contributed by atoms with E-state index in [0.717, 1.165) is 16.7 Å². The predicted molar refractivity (Wildman–Crippen MR) is 155 cm³/mol. The van der Waals surface area contributed by atoms with Crippen LogP contribution in [-0.2, 0) is 25.6 Å². The number of imide groups is 1. The lowest BCUT2D eigenvalue weighted by atomic mass is 9.59. The molecular weight excluding hydrogens is 602 g/mol. The van der Waals surface area contributed by atoms with Crippen LogP contribution in [0.1, 0.15) is 35.7 Å². The van der Waals surface area contributed by atoms with Gasteiger partial charge in [0.1, 0.15) is 11.5 Å². The molecule has 7 rings (SSSR count). The van der Waals surface area contributed by atoms with Gasteiger partial charge in [0, 0.05) is 40.7 Å². The Morgan fingerprint density at radius 1 is 1.02 bits per heavy atom. The zero-order valence-electron chi connectivity index (χ0n) is 22.4. The van der Waals surface area contributed by atoms with Crippen molar-refractivity contribution in [3.8, 4) is 11.5 Å². The summed E-state index contributed by atoms with van der Waals surface area (Å²) in [6, 6.07) is 11.2. The second kappa shape index (κ2) is 9.59. The van der Waals surface area contributed by atoms with Crippen molar-refractivity contribution in [2.75, 3.05) is 4.90 Å². The van der Waals surface area contributed by atoms with Gasteiger partial charge >= 0.3 is 0 Å². The Labute approximate surface area is 249 Å². The Balaban J connectivity index is 1.31. The number of carbonyl (C=O) groups is 5. The van der Waals surface area contributed by atoms with Gasteiger partial charge in [-0.1, -0.05) is 11.6 Å². The van der Waals surface area contributed by atoms with Crippen LogP contribution in [0.4, 0.5) is 5.69 Å². The minimum Gasteiger partial charge on any atom is -0.508 e. The molecule has 1 fully saturated rings. The summed E-state index contributed by atoms with van der Waals surface area (Å²) in [5, 5.41) is 10.1.